The Balaban J connectivity index is 2.35. The fraction of sp³-hybridized carbons (Fsp3) is 0.500. The number of aromatic carboxylic acids is 1. The molecular formula is C12H15BFNO4. The summed E-state index contributed by atoms with van der Waals surface area (Å²) in [6.07, 6.45) is 0.865. The van der Waals surface area contributed by atoms with E-state index in [2.05, 4.69) is 4.98 Å². The Bertz CT molecular complexity index is 516. The fourth-order valence-electron chi connectivity index (χ4n) is 1.71. The molecule has 5 nitrogen and oxygen atoms in total. The molecule has 19 heavy (non-hydrogen) atoms. The average molecular weight is 267 g/mol. The molecule has 0 bridgehead atoms. The lowest BCUT2D eigenvalue weighted by Gasteiger charge is -2.32. The van der Waals surface area contributed by atoms with Gasteiger partial charge in [0.25, 0.3) is 0 Å². The summed E-state index contributed by atoms with van der Waals surface area (Å²) < 4.78 is 24.7. The van der Waals surface area contributed by atoms with Gasteiger partial charge >= 0.3 is 13.1 Å². The number of carboxylic acids is 1. The number of carboxylic acid groups (broad SMARTS) is 1. The third-order valence-electron chi connectivity index (χ3n) is 3.60. The molecule has 0 atom stereocenters. The Hall–Kier alpha value is -1.47. The highest BCUT2D eigenvalue weighted by molar-refractivity contribution is 6.61. The van der Waals surface area contributed by atoms with E-state index in [1.54, 1.807) is 0 Å². The molecule has 1 fully saturated rings. The average Bonchev–Trinajstić information content (AvgIpc) is 2.48. The fourth-order valence-corrected chi connectivity index (χ4v) is 1.71. The summed E-state index contributed by atoms with van der Waals surface area (Å²) >= 11 is 0. The van der Waals surface area contributed by atoms with Crippen molar-refractivity contribution in [1.82, 2.24) is 4.98 Å². The van der Waals surface area contributed by atoms with Gasteiger partial charge in [0.2, 0.25) is 0 Å². The van der Waals surface area contributed by atoms with Gasteiger partial charge in [0, 0.05) is 0 Å². The van der Waals surface area contributed by atoms with Gasteiger partial charge in [-0.25, -0.2) is 9.18 Å². The summed E-state index contributed by atoms with van der Waals surface area (Å²) in [5.41, 5.74) is -1.31. The van der Waals surface area contributed by atoms with Crippen molar-refractivity contribution < 1.29 is 23.6 Å². The maximum Gasteiger partial charge on any atom is 0.514 e. The van der Waals surface area contributed by atoms with Crippen LogP contribution in [-0.4, -0.2) is 34.4 Å². The van der Waals surface area contributed by atoms with E-state index in [0.29, 0.717) is 0 Å². The number of hydrogen-bond donors (Lipinski definition) is 1. The normalized spacial score (nSPS) is 20.6. The van der Waals surface area contributed by atoms with E-state index < -0.39 is 35.7 Å². The van der Waals surface area contributed by atoms with Gasteiger partial charge in [0.15, 0.2) is 5.82 Å². The SMILES string of the molecule is CC1(C)OB(c2cc(C(=O)O)c(F)cn2)OC1(C)C. The van der Waals surface area contributed by atoms with Crippen LogP contribution in [-0.2, 0) is 9.31 Å². The van der Waals surface area contributed by atoms with Crippen LogP contribution in [0.4, 0.5) is 4.39 Å². The van der Waals surface area contributed by atoms with E-state index >= 15 is 0 Å². The minimum absolute atomic E-state index is 0.248. The van der Waals surface area contributed by atoms with Crippen LogP contribution in [0.3, 0.4) is 0 Å². The molecular weight excluding hydrogens is 252 g/mol. The first-order chi connectivity index (χ1) is 8.64. The van der Waals surface area contributed by atoms with E-state index in [-0.39, 0.29) is 5.59 Å². The molecule has 1 aromatic heterocycles. The molecule has 1 saturated heterocycles. The van der Waals surface area contributed by atoms with Crippen LogP contribution in [0.1, 0.15) is 38.1 Å². The van der Waals surface area contributed by atoms with E-state index in [1.165, 1.54) is 0 Å². The molecule has 0 radical (unpaired) electrons. The van der Waals surface area contributed by atoms with Crippen LogP contribution in [0.2, 0.25) is 0 Å². The smallest absolute Gasteiger partial charge is 0.478 e. The summed E-state index contributed by atoms with van der Waals surface area (Å²) in [7, 11) is -0.802. The first kappa shape index (κ1) is 14.0. The zero-order valence-corrected chi connectivity index (χ0v) is 11.2. The quantitative estimate of drug-likeness (QED) is 0.816. The Morgan fingerprint density at radius 1 is 1.32 bits per heavy atom. The van der Waals surface area contributed by atoms with Crippen LogP contribution in [0.5, 0.6) is 0 Å². The highest BCUT2D eigenvalue weighted by atomic mass is 19.1. The number of rotatable bonds is 2. The summed E-state index contributed by atoms with van der Waals surface area (Å²) in [4.78, 5) is 14.7. The van der Waals surface area contributed by atoms with Gasteiger partial charge in [-0.05, 0) is 33.8 Å². The van der Waals surface area contributed by atoms with Crippen LogP contribution >= 0.6 is 0 Å². The lowest BCUT2D eigenvalue weighted by atomic mass is 9.83. The zero-order chi connectivity index (χ0) is 14.4. The molecule has 0 unspecified atom stereocenters. The lowest BCUT2D eigenvalue weighted by Crippen LogP contribution is -2.41. The van der Waals surface area contributed by atoms with E-state index in [1.807, 2.05) is 27.7 Å². The number of nitrogens with zero attached hydrogens (tertiary/aromatic N) is 1. The van der Waals surface area contributed by atoms with Crippen molar-refractivity contribution in [2.75, 3.05) is 0 Å². The highest BCUT2D eigenvalue weighted by Gasteiger charge is 2.52. The minimum atomic E-state index is -1.35. The predicted molar refractivity (Wildman–Crippen MR) is 66.9 cm³/mol. The van der Waals surface area contributed by atoms with Gasteiger partial charge < -0.3 is 14.4 Å². The van der Waals surface area contributed by atoms with Crippen molar-refractivity contribution in [3.8, 4) is 0 Å². The first-order valence-corrected chi connectivity index (χ1v) is 5.88. The Morgan fingerprint density at radius 3 is 2.32 bits per heavy atom. The minimum Gasteiger partial charge on any atom is -0.478 e. The topological polar surface area (TPSA) is 68.7 Å². The molecule has 0 aromatic carbocycles. The molecule has 7 heteroatoms. The van der Waals surface area contributed by atoms with Crippen LogP contribution in [0.15, 0.2) is 12.3 Å². The van der Waals surface area contributed by atoms with Gasteiger partial charge in [-0.3, -0.25) is 4.98 Å². The summed E-state index contributed by atoms with van der Waals surface area (Å²) in [5, 5.41) is 8.89. The standard InChI is InChI=1S/C12H15BFNO4/c1-11(2)12(3,4)19-13(18-11)9-5-7(10(16)17)8(14)6-15-9/h5-6H,1-4H3,(H,16,17). The van der Waals surface area contributed by atoms with Crippen molar-refractivity contribution in [2.24, 2.45) is 0 Å². The Labute approximate surface area is 110 Å². The van der Waals surface area contributed by atoms with Gasteiger partial charge in [-0.15, -0.1) is 0 Å². The molecule has 0 aliphatic carbocycles. The second-order valence-corrected chi connectivity index (χ2v) is 5.48. The summed E-state index contributed by atoms with van der Waals surface area (Å²) in [5.74, 6) is -2.23. The van der Waals surface area contributed by atoms with Crippen LogP contribution < -0.4 is 5.59 Å². The molecule has 1 N–H and O–H groups in total. The van der Waals surface area contributed by atoms with Crippen LogP contribution in [0, 0.1) is 5.82 Å². The van der Waals surface area contributed by atoms with Gasteiger partial charge in [0.05, 0.1) is 28.6 Å². The molecule has 2 rings (SSSR count). The number of halogens is 1. The largest absolute Gasteiger partial charge is 0.514 e. The molecule has 102 valence electrons. The molecule has 1 aliphatic rings. The number of hydrogen-bond acceptors (Lipinski definition) is 4. The third-order valence-corrected chi connectivity index (χ3v) is 3.60. The van der Waals surface area contributed by atoms with Crippen molar-refractivity contribution in [1.29, 1.82) is 0 Å². The molecule has 0 amide bonds. The van der Waals surface area contributed by atoms with E-state index in [4.69, 9.17) is 14.4 Å². The maximum absolute atomic E-state index is 13.3. The molecule has 1 aromatic rings. The van der Waals surface area contributed by atoms with Crippen molar-refractivity contribution in [2.45, 2.75) is 38.9 Å². The molecule has 1 aliphatic heterocycles. The molecule has 0 saturated carbocycles. The van der Waals surface area contributed by atoms with Crippen molar-refractivity contribution in [3.05, 3.63) is 23.6 Å². The molecule has 2 heterocycles. The third kappa shape index (κ3) is 2.35. The Kier molecular flexibility index (Phi) is 3.14. The monoisotopic (exact) mass is 267 g/mol. The van der Waals surface area contributed by atoms with Gasteiger partial charge in [-0.1, -0.05) is 0 Å². The summed E-state index contributed by atoms with van der Waals surface area (Å²) in [6, 6.07) is 1.14. The maximum atomic E-state index is 13.3. The highest BCUT2D eigenvalue weighted by Crippen LogP contribution is 2.36. The first-order valence-electron chi connectivity index (χ1n) is 5.88. The number of aromatic nitrogens is 1. The second-order valence-electron chi connectivity index (χ2n) is 5.48. The second kappa shape index (κ2) is 4.28. The van der Waals surface area contributed by atoms with Gasteiger partial charge in [0.1, 0.15) is 0 Å². The number of pyridine rings is 1. The number of carbonyl (C=O) groups is 1. The zero-order valence-electron chi connectivity index (χ0n) is 11.2. The lowest BCUT2D eigenvalue weighted by molar-refractivity contribution is 0.00578. The van der Waals surface area contributed by atoms with Crippen LogP contribution in [0.25, 0.3) is 0 Å². The Morgan fingerprint density at radius 2 is 1.84 bits per heavy atom. The summed E-state index contributed by atoms with van der Waals surface area (Å²) in [6.45, 7) is 7.48. The van der Waals surface area contributed by atoms with E-state index in [9.17, 15) is 9.18 Å². The molecule has 0 spiro atoms. The van der Waals surface area contributed by atoms with E-state index in [0.717, 1.165) is 12.3 Å². The predicted octanol–water partition coefficient (Wildman–Crippen LogP) is 1.22. The van der Waals surface area contributed by atoms with Gasteiger partial charge in [-0.2, -0.15) is 0 Å². The van der Waals surface area contributed by atoms with Crippen molar-refractivity contribution in [3.63, 3.8) is 0 Å². The van der Waals surface area contributed by atoms with Crippen molar-refractivity contribution >= 4 is 18.7 Å².